The van der Waals surface area contributed by atoms with Gasteiger partial charge in [-0.1, -0.05) is 18.5 Å². The molecule has 2 unspecified atom stereocenters. The molecule has 17 heavy (non-hydrogen) atoms. The van der Waals surface area contributed by atoms with E-state index in [-0.39, 0.29) is 0 Å². The van der Waals surface area contributed by atoms with Crippen LogP contribution in [0.5, 0.6) is 0 Å². The van der Waals surface area contributed by atoms with Gasteiger partial charge in [0.25, 0.3) is 0 Å². The van der Waals surface area contributed by atoms with Gasteiger partial charge in [0.2, 0.25) is 0 Å². The molecule has 1 aliphatic heterocycles. The van der Waals surface area contributed by atoms with Gasteiger partial charge in [-0.05, 0) is 25.1 Å². The Bertz CT molecular complexity index is 339. The lowest BCUT2D eigenvalue weighted by Gasteiger charge is -2.30. The Morgan fingerprint density at radius 3 is 3.06 bits per heavy atom. The van der Waals surface area contributed by atoms with Gasteiger partial charge in [0.1, 0.15) is 0 Å². The smallest absolute Gasteiger partial charge is 0.0931 e. The summed E-state index contributed by atoms with van der Waals surface area (Å²) < 4.78 is 6.73. The number of rotatable bonds is 5. The molecule has 2 heterocycles. The topological polar surface area (TPSA) is 21.3 Å². The van der Waals surface area contributed by atoms with Crippen molar-refractivity contribution in [1.82, 2.24) is 5.32 Å². The van der Waals surface area contributed by atoms with E-state index in [4.69, 9.17) is 16.3 Å². The van der Waals surface area contributed by atoms with Gasteiger partial charge in [0.05, 0.1) is 17.0 Å². The second kappa shape index (κ2) is 7.00. The van der Waals surface area contributed by atoms with Crippen LogP contribution in [0.15, 0.2) is 12.1 Å². The highest BCUT2D eigenvalue weighted by Crippen LogP contribution is 2.25. The van der Waals surface area contributed by atoms with Gasteiger partial charge in [-0.25, -0.2) is 0 Å². The highest BCUT2D eigenvalue weighted by Gasteiger charge is 2.24. The molecule has 1 N–H and O–H groups in total. The van der Waals surface area contributed by atoms with Gasteiger partial charge in [-0.15, -0.1) is 11.3 Å². The van der Waals surface area contributed by atoms with E-state index in [1.165, 1.54) is 4.88 Å². The van der Waals surface area contributed by atoms with Gasteiger partial charge in [0.15, 0.2) is 0 Å². The number of halogens is 1. The van der Waals surface area contributed by atoms with Crippen molar-refractivity contribution < 1.29 is 4.74 Å². The maximum atomic E-state index is 5.97. The SMILES string of the molecule is CCNC(Cc1ccc(Cl)s1)C1CSCCO1. The molecule has 0 spiro atoms. The van der Waals surface area contributed by atoms with Crippen LogP contribution >= 0.6 is 34.7 Å². The fourth-order valence-electron chi connectivity index (χ4n) is 2.01. The first-order chi connectivity index (χ1) is 8.29. The molecule has 2 atom stereocenters. The molecule has 96 valence electrons. The third kappa shape index (κ3) is 4.14. The second-order valence-electron chi connectivity index (χ2n) is 4.06. The molecular formula is C12H18ClNOS2. The molecule has 2 rings (SSSR count). The molecule has 5 heteroatoms. The minimum absolute atomic E-state index is 0.328. The Morgan fingerprint density at radius 1 is 1.59 bits per heavy atom. The molecule has 1 saturated heterocycles. The molecule has 0 bridgehead atoms. The summed E-state index contributed by atoms with van der Waals surface area (Å²) in [4.78, 5) is 1.33. The summed E-state index contributed by atoms with van der Waals surface area (Å²) in [7, 11) is 0. The van der Waals surface area contributed by atoms with Gasteiger partial charge < -0.3 is 10.1 Å². The van der Waals surface area contributed by atoms with E-state index in [0.29, 0.717) is 12.1 Å². The van der Waals surface area contributed by atoms with Crippen molar-refractivity contribution in [1.29, 1.82) is 0 Å². The standard InChI is InChI=1S/C12H18ClNOS2/c1-2-14-10(11-8-16-6-5-15-11)7-9-3-4-12(13)17-9/h3-4,10-11,14H,2,5-8H2,1H3. The Labute approximate surface area is 116 Å². The normalized spacial score (nSPS) is 22.6. The maximum absolute atomic E-state index is 5.97. The summed E-state index contributed by atoms with van der Waals surface area (Å²) in [6, 6.07) is 4.50. The van der Waals surface area contributed by atoms with Crippen LogP contribution in [0.25, 0.3) is 0 Å². The Kier molecular flexibility index (Phi) is 5.63. The zero-order valence-electron chi connectivity index (χ0n) is 9.95. The quantitative estimate of drug-likeness (QED) is 0.901. The molecule has 0 saturated carbocycles. The van der Waals surface area contributed by atoms with Crippen LogP contribution in [0, 0.1) is 0 Å². The maximum Gasteiger partial charge on any atom is 0.0931 e. The van der Waals surface area contributed by atoms with E-state index in [1.54, 1.807) is 11.3 Å². The number of hydrogen-bond acceptors (Lipinski definition) is 4. The van der Waals surface area contributed by atoms with Crippen LogP contribution in [0.3, 0.4) is 0 Å². The molecule has 1 aromatic heterocycles. The van der Waals surface area contributed by atoms with Crippen LogP contribution < -0.4 is 5.32 Å². The van der Waals surface area contributed by atoms with Gasteiger partial charge in [0, 0.05) is 22.4 Å². The number of nitrogens with one attached hydrogen (secondary N) is 1. The molecule has 1 fully saturated rings. The monoisotopic (exact) mass is 291 g/mol. The average molecular weight is 292 g/mol. The van der Waals surface area contributed by atoms with E-state index in [2.05, 4.69) is 18.3 Å². The molecule has 0 aromatic carbocycles. The summed E-state index contributed by atoms with van der Waals surface area (Å²) in [6.45, 7) is 4.00. The van der Waals surface area contributed by atoms with Crippen LogP contribution in [0.2, 0.25) is 4.34 Å². The van der Waals surface area contributed by atoms with Crippen LogP contribution in [0.1, 0.15) is 11.8 Å². The highest BCUT2D eigenvalue weighted by atomic mass is 35.5. The van der Waals surface area contributed by atoms with Crippen molar-refractivity contribution in [3.05, 3.63) is 21.3 Å². The molecule has 0 radical (unpaired) electrons. The summed E-state index contributed by atoms with van der Waals surface area (Å²) in [5.74, 6) is 2.22. The summed E-state index contributed by atoms with van der Waals surface area (Å²) in [5.41, 5.74) is 0. The van der Waals surface area contributed by atoms with Crippen LogP contribution in [-0.2, 0) is 11.2 Å². The minimum atomic E-state index is 0.328. The number of likely N-dealkylation sites (N-methyl/N-ethyl adjacent to an activating group) is 1. The Hall–Kier alpha value is 0.260. The zero-order chi connectivity index (χ0) is 12.1. The molecule has 0 aliphatic carbocycles. The first-order valence-corrected chi connectivity index (χ1v) is 8.31. The molecule has 1 aromatic rings. The number of hydrogen-bond donors (Lipinski definition) is 1. The van der Waals surface area contributed by atoms with E-state index in [9.17, 15) is 0 Å². The molecule has 2 nitrogen and oxygen atoms in total. The first kappa shape index (κ1) is 13.7. The summed E-state index contributed by atoms with van der Waals surface area (Å²) in [6.07, 6.45) is 1.34. The summed E-state index contributed by atoms with van der Waals surface area (Å²) >= 11 is 9.62. The highest BCUT2D eigenvalue weighted by molar-refractivity contribution is 7.99. The fourth-order valence-corrected chi connectivity index (χ4v) is 4.10. The predicted octanol–water partition coefficient (Wildman–Crippen LogP) is 3.05. The third-order valence-electron chi connectivity index (χ3n) is 2.81. The Balaban J connectivity index is 1.95. The lowest BCUT2D eigenvalue weighted by molar-refractivity contribution is 0.0478. The Morgan fingerprint density at radius 2 is 2.47 bits per heavy atom. The van der Waals surface area contributed by atoms with Crippen molar-refractivity contribution in [2.75, 3.05) is 24.7 Å². The summed E-state index contributed by atoms with van der Waals surface area (Å²) in [5, 5.41) is 3.54. The molecular weight excluding hydrogens is 274 g/mol. The largest absolute Gasteiger partial charge is 0.375 e. The minimum Gasteiger partial charge on any atom is -0.375 e. The predicted molar refractivity (Wildman–Crippen MR) is 77.6 cm³/mol. The number of thioether (sulfide) groups is 1. The fraction of sp³-hybridized carbons (Fsp3) is 0.667. The van der Waals surface area contributed by atoms with Crippen LogP contribution in [0.4, 0.5) is 0 Å². The van der Waals surface area contributed by atoms with Crippen LogP contribution in [-0.4, -0.2) is 36.8 Å². The van der Waals surface area contributed by atoms with Gasteiger partial charge in [-0.2, -0.15) is 11.8 Å². The van der Waals surface area contributed by atoms with E-state index < -0.39 is 0 Å². The van der Waals surface area contributed by atoms with Gasteiger partial charge in [-0.3, -0.25) is 0 Å². The van der Waals surface area contributed by atoms with Crippen molar-refractivity contribution in [3.63, 3.8) is 0 Å². The van der Waals surface area contributed by atoms with E-state index >= 15 is 0 Å². The molecule has 1 aliphatic rings. The second-order valence-corrected chi connectivity index (χ2v) is 7.01. The van der Waals surface area contributed by atoms with E-state index in [0.717, 1.165) is 35.4 Å². The average Bonchev–Trinajstić information content (AvgIpc) is 2.75. The van der Waals surface area contributed by atoms with Crippen molar-refractivity contribution in [3.8, 4) is 0 Å². The molecule has 0 amide bonds. The van der Waals surface area contributed by atoms with Crippen molar-refractivity contribution in [2.24, 2.45) is 0 Å². The first-order valence-electron chi connectivity index (χ1n) is 5.96. The van der Waals surface area contributed by atoms with Gasteiger partial charge >= 0.3 is 0 Å². The lowest BCUT2D eigenvalue weighted by atomic mass is 10.1. The zero-order valence-corrected chi connectivity index (χ0v) is 12.3. The third-order valence-corrected chi connectivity index (χ3v) is 5.08. The lowest BCUT2D eigenvalue weighted by Crippen LogP contribution is -2.46. The van der Waals surface area contributed by atoms with Crippen molar-refractivity contribution >= 4 is 34.7 Å². The van der Waals surface area contributed by atoms with Crippen molar-refractivity contribution in [2.45, 2.75) is 25.5 Å². The number of ether oxygens (including phenoxy) is 1. The van der Waals surface area contributed by atoms with E-state index in [1.807, 2.05) is 17.8 Å². The number of thiophene rings is 1.